The van der Waals surface area contributed by atoms with Gasteiger partial charge in [-0.2, -0.15) is 0 Å². The largest absolute Gasteiger partial charge is 2.00 e. The standard InChI is InChI=1S/C13H25NO3.2C6H13N.H3O4P.Pt/c1-14(2)9-8-13(10-15,12(16)17)11-6-4-3-5-7-11;2*7-6-4-2-1-3-5-6;1-5(2,3)4;/h11,15H,3-10H2,1-2H3,(H,16,17);2*6H,1-5,7H2;(H3,1,2,3,4);/q;;;;+2/p-2. The number of nitrogens with two attached hydrogens (primary N) is 2. The maximum absolute atomic E-state index is 11.5. The number of nitrogens with zero attached hydrogens (tertiary/aromatic N) is 1. The van der Waals surface area contributed by atoms with Crippen LogP contribution in [0, 0.1) is 11.3 Å². The quantitative estimate of drug-likeness (QED) is 0.248. The Morgan fingerprint density at radius 2 is 1.19 bits per heavy atom. The third-order valence-corrected chi connectivity index (χ3v) is 7.38. The van der Waals surface area contributed by atoms with Gasteiger partial charge in [-0.15, -0.1) is 0 Å². The number of aliphatic hydroxyl groups excluding tert-OH is 1. The van der Waals surface area contributed by atoms with E-state index in [9.17, 15) is 15.0 Å². The van der Waals surface area contributed by atoms with Crippen LogP contribution in [0.25, 0.3) is 0 Å². The maximum atomic E-state index is 11.5. The zero-order valence-corrected chi connectivity index (χ0v) is 26.0. The van der Waals surface area contributed by atoms with Crippen LogP contribution in [0.4, 0.5) is 0 Å². The molecule has 12 heteroatoms. The molecule has 7 N–H and O–H groups in total. The van der Waals surface area contributed by atoms with E-state index in [2.05, 4.69) is 0 Å². The van der Waals surface area contributed by atoms with Crippen LogP contribution in [0.5, 0.6) is 0 Å². The second kappa shape index (κ2) is 21.9. The molecule has 224 valence electrons. The van der Waals surface area contributed by atoms with Crippen LogP contribution in [0.1, 0.15) is 103 Å². The SMILES string of the molecule is CN(C)CCC(CO)(C(=O)[O-])C1CCCCC1.NC1CCCCC1.NC1CCCCC1.O=P([O-])(O)O.[Pt+2]. The number of carbonyl (C=O) groups is 1. The topological polar surface area (TPSA) is 196 Å². The summed E-state index contributed by atoms with van der Waals surface area (Å²) in [5.74, 6) is -1.00. The molecular formula is C25H52N3O7PPt. The molecule has 0 aliphatic heterocycles. The zero-order chi connectivity index (χ0) is 27.6. The average Bonchev–Trinajstić information content (AvgIpc) is 2.81. The van der Waals surface area contributed by atoms with Crippen molar-refractivity contribution < 1.29 is 55.3 Å². The molecule has 37 heavy (non-hydrogen) atoms. The first kappa shape index (κ1) is 39.3. The van der Waals surface area contributed by atoms with E-state index < -0.39 is 19.2 Å². The van der Waals surface area contributed by atoms with E-state index in [-0.39, 0.29) is 33.6 Å². The van der Waals surface area contributed by atoms with Gasteiger partial charge in [-0.25, -0.2) is 0 Å². The van der Waals surface area contributed by atoms with E-state index in [1.165, 1.54) is 70.6 Å². The van der Waals surface area contributed by atoms with Crippen LogP contribution in [-0.2, 0) is 30.4 Å². The number of carbonyl (C=O) groups excluding carboxylic acids is 1. The van der Waals surface area contributed by atoms with Gasteiger partial charge in [0.15, 0.2) is 0 Å². The molecule has 0 saturated heterocycles. The fourth-order valence-corrected chi connectivity index (χ4v) is 5.09. The number of rotatable bonds is 6. The number of carboxylic acid groups (broad SMARTS) is 1. The Balaban J connectivity index is 0. The monoisotopic (exact) mass is 732 g/mol. The van der Waals surface area contributed by atoms with Gasteiger partial charge in [0.05, 0.1) is 12.6 Å². The molecule has 3 rings (SSSR count). The van der Waals surface area contributed by atoms with E-state index >= 15 is 0 Å². The fraction of sp³-hybridized carbons (Fsp3) is 0.960. The first-order valence-electron chi connectivity index (χ1n) is 13.6. The van der Waals surface area contributed by atoms with E-state index in [0.717, 1.165) is 25.7 Å². The van der Waals surface area contributed by atoms with E-state index in [1.54, 1.807) is 0 Å². The molecular weight excluding hydrogens is 680 g/mol. The van der Waals surface area contributed by atoms with Crippen molar-refractivity contribution in [2.24, 2.45) is 22.8 Å². The molecule has 3 fully saturated rings. The zero-order valence-electron chi connectivity index (χ0n) is 22.8. The van der Waals surface area contributed by atoms with Gasteiger partial charge in [0, 0.05) is 17.5 Å². The minimum Gasteiger partial charge on any atom is -0.756 e. The number of hydrogen-bond donors (Lipinski definition) is 5. The molecule has 3 saturated carbocycles. The van der Waals surface area contributed by atoms with Gasteiger partial charge in [-0.3, -0.25) is 4.57 Å². The van der Waals surface area contributed by atoms with Gasteiger partial charge in [0.1, 0.15) is 0 Å². The number of aliphatic hydroxyl groups is 1. The molecule has 1 atom stereocenters. The van der Waals surface area contributed by atoms with Crippen LogP contribution in [0.2, 0.25) is 0 Å². The van der Waals surface area contributed by atoms with Gasteiger partial charge in [-0.05, 0) is 71.5 Å². The Kier molecular flexibility index (Phi) is 23.2. The molecule has 0 bridgehead atoms. The Morgan fingerprint density at radius 1 is 0.865 bits per heavy atom. The third-order valence-electron chi connectivity index (χ3n) is 7.38. The smallest absolute Gasteiger partial charge is 0.756 e. The molecule has 0 aromatic carbocycles. The summed E-state index contributed by atoms with van der Waals surface area (Å²) in [6.07, 6.45) is 18.9. The Bertz CT molecular complexity index is 585. The van der Waals surface area contributed by atoms with Crippen molar-refractivity contribution in [1.82, 2.24) is 4.90 Å². The van der Waals surface area contributed by atoms with Crippen molar-refractivity contribution in [2.75, 3.05) is 27.2 Å². The van der Waals surface area contributed by atoms with Crippen LogP contribution < -0.4 is 21.5 Å². The van der Waals surface area contributed by atoms with E-state index in [4.69, 9.17) is 30.7 Å². The molecule has 0 spiro atoms. The average molecular weight is 733 g/mol. The van der Waals surface area contributed by atoms with Gasteiger partial charge < -0.3 is 46.1 Å². The second-order valence-electron chi connectivity index (χ2n) is 10.8. The molecule has 1 unspecified atom stereocenters. The van der Waals surface area contributed by atoms with Crippen molar-refractivity contribution in [3.05, 3.63) is 0 Å². The molecule has 3 aliphatic carbocycles. The predicted octanol–water partition coefficient (Wildman–Crippen LogP) is 1.24. The van der Waals surface area contributed by atoms with Crippen molar-refractivity contribution in [2.45, 2.75) is 115 Å². The first-order chi connectivity index (χ1) is 16.8. The summed E-state index contributed by atoms with van der Waals surface area (Å²) in [5.41, 5.74) is 10.2. The summed E-state index contributed by atoms with van der Waals surface area (Å²) >= 11 is 0. The molecule has 0 radical (unpaired) electrons. The van der Waals surface area contributed by atoms with E-state index in [1.807, 2.05) is 19.0 Å². The first-order valence-corrected chi connectivity index (χ1v) is 15.1. The molecule has 0 heterocycles. The van der Waals surface area contributed by atoms with Gasteiger partial charge in [0.2, 0.25) is 0 Å². The van der Waals surface area contributed by atoms with Gasteiger partial charge >= 0.3 is 21.1 Å². The summed E-state index contributed by atoms with van der Waals surface area (Å²) < 4.78 is 8.77. The van der Waals surface area contributed by atoms with Crippen molar-refractivity contribution in [3.63, 3.8) is 0 Å². The minimum atomic E-state index is -4.89. The number of phosphoric acid groups is 1. The molecule has 10 nitrogen and oxygen atoms in total. The molecule has 3 aliphatic rings. The summed E-state index contributed by atoms with van der Waals surface area (Å²) in [6, 6.07) is 1.07. The van der Waals surface area contributed by atoms with Crippen LogP contribution in [-0.4, -0.2) is 65.1 Å². The van der Waals surface area contributed by atoms with Crippen molar-refractivity contribution >= 4 is 13.8 Å². The Morgan fingerprint density at radius 3 is 1.41 bits per heavy atom. The normalized spacial score (nSPS) is 21.0. The van der Waals surface area contributed by atoms with E-state index in [0.29, 0.717) is 25.0 Å². The number of hydrogen-bond acceptors (Lipinski definition) is 8. The van der Waals surface area contributed by atoms with Gasteiger partial charge in [-0.1, -0.05) is 57.8 Å². The summed E-state index contributed by atoms with van der Waals surface area (Å²) in [4.78, 5) is 36.4. The van der Waals surface area contributed by atoms with Gasteiger partial charge in [0.25, 0.3) is 7.82 Å². The van der Waals surface area contributed by atoms with Crippen molar-refractivity contribution in [1.29, 1.82) is 0 Å². The fourth-order valence-electron chi connectivity index (χ4n) is 5.09. The summed E-state index contributed by atoms with van der Waals surface area (Å²) in [7, 11) is -1.06. The predicted molar refractivity (Wildman–Crippen MR) is 138 cm³/mol. The second-order valence-corrected chi connectivity index (χ2v) is 11.8. The molecule has 0 aromatic heterocycles. The summed E-state index contributed by atoms with van der Waals surface area (Å²) in [5, 5.41) is 21.0. The van der Waals surface area contributed by atoms with Crippen LogP contribution >= 0.6 is 7.82 Å². The minimum absolute atomic E-state index is 0. The Labute approximate surface area is 238 Å². The van der Waals surface area contributed by atoms with Crippen molar-refractivity contribution in [3.8, 4) is 0 Å². The Hall–Kier alpha value is 0.108. The number of carboxylic acids is 1. The third kappa shape index (κ3) is 20.6. The van der Waals surface area contributed by atoms with Crippen LogP contribution in [0.15, 0.2) is 0 Å². The maximum Gasteiger partial charge on any atom is 2.00 e. The molecule has 0 aromatic rings. The summed E-state index contributed by atoms with van der Waals surface area (Å²) in [6.45, 7) is 0.374. The number of aliphatic carboxylic acids is 1. The molecule has 0 amide bonds. The van der Waals surface area contributed by atoms with Crippen LogP contribution in [0.3, 0.4) is 0 Å².